The highest BCUT2D eigenvalue weighted by Crippen LogP contribution is 2.45. The van der Waals surface area contributed by atoms with Gasteiger partial charge in [-0.15, -0.1) is 11.3 Å². The molecule has 0 spiro atoms. The van der Waals surface area contributed by atoms with E-state index in [4.69, 9.17) is 5.41 Å². The first-order valence-electron chi connectivity index (χ1n) is 10.7. The van der Waals surface area contributed by atoms with Crippen LogP contribution in [0.25, 0.3) is 11.1 Å². The molecule has 2 aliphatic rings. The molecule has 174 valence electrons. The Morgan fingerprint density at radius 3 is 2.58 bits per heavy atom. The zero-order chi connectivity index (χ0) is 24.0. The molecule has 8 nitrogen and oxygen atoms in total. The lowest BCUT2D eigenvalue weighted by Gasteiger charge is -2.49. The predicted octanol–water partition coefficient (Wildman–Crippen LogP) is 2.79. The Morgan fingerprint density at radius 1 is 1.24 bits per heavy atom. The zero-order valence-electron chi connectivity index (χ0n) is 18.8. The van der Waals surface area contributed by atoms with Gasteiger partial charge in [-0.2, -0.15) is 5.26 Å². The van der Waals surface area contributed by atoms with Crippen LogP contribution >= 0.6 is 11.3 Å². The van der Waals surface area contributed by atoms with E-state index in [1.54, 1.807) is 13.1 Å². The van der Waals surface area contributed by atoms with E-state index in [9.17, 15) is 18.5 Å². The van der Waals surface area contributed by atoms with Gasteiger partial charge in [-0.05, 0) is 60.4 Å². The molecule has 1 aromatic heterocycles. The molecular weight excluding hydrogens is 458 g/mol. The topological polar surface area (TPSA) is 117 Å². The molecule has 2 fully saturated rings. The molecular formula is C23H27N5O3S2. The molecule has 2 N–H and O–H groups in total. The van der Waals surface area contributed by atoms with Gasteiger partial charge in [-0.25, -0.2) is 12.7 Å². The summed E-state index contributed by atoms with van der Waals surface area (Å²) in [5, 5.41) is 22.9. The summed E-state index contributed by atoms with van der Waals surface area (Å²) in [7, 11) is -1.66. The summed E-state index contributed by atoms with van der Waals surface area (Å²) < 4.78 is 25.4. The number of carbonyl (C=O) groups is 1. The Hall–Kier alpha value is -2.74. The highest BCUT2D eigenvalue weighted by atomic mass is 32.2. The summed E-state index contributed by atoms with van der Waals surface area (Å²) in [6, 6.07) is 11.6. The third kappa shape index (κ3) is 4.28. The van der Waals surface area contributed by atoms with E-state index in [1.165, 1.54) is 26.8 Å². The predicted molar refractivity (Wildman–Crippen MR) is 128 cm³/mol. The smallest absolute Gasteiger partial charge is 0.235 e. The van der Waals surface area contributed by atoms with E-state index in [1.807, 2.05) is 36.6 Å². The quantitative estimate of drug-likeness (QED) is 0.691. The average Bonchev–Trinajstić information content (AvgIpc) is 3.29. The van der Waals surface area contributed by atoms with Gasteiger partial charge in [0.1, 0.15) is 0 Å². The van der Waals surface area contributed by atoms with Crippen LogP contribution in [-0.2, 0) is 20.4 Å². The van der Waals surface area contributed by atoms with E-state index >= 15 is 0 Å². The van der Waals surface area contributed by atoms with E-state index in [-0.39, 0.29) is 17.8 Å². The molecule has 2 aromatic rings. The van der Waals surface area contributed by atoms with Crippen molar-refractivity contribution >= 4 is 33.2 Å². The van der Waals surface area contributed by atoms with Crippen LogP contribution in [0.15, 0.2) is 35.7 Å². The Bertz CT molecular complexity index is 1240. The maximum atomic E-state index is 13.4. The van der Waals surface area contributed by atoms with Crippen molar-refractivity contribution in [2.45, 2.75) is 25.3 Å². The fraction of sp³-hybridized carbons (Fsp3) is 0.435. The Kier molecular flexibility index (Phi) is 6.07. The number of piperidine rings is 1. The molecule has 0 bridgehead atoms. The minimum atomic E-state index is -3.26. The van der Waals surface area contributed by atoms with E-state index in [0.29, 0.717) is 31.5 Å². The summed E-state index contributed by atoms with van der Waals surface area (Å²) in [4.78, 5) is 15.7. The molecule has 0 radical (unpaired) electrons. The molecule has 2 aliphatic heterocycles. The zero-order valence-corrected chi connectivity index (χ0v) is 20.5. The van der Waals surface area contributed by atoms with Crippen LogP contribution in [0.4, 0.5) is 0 Å². The van der Waals surface area contributed by atoms with Gasteiger partial charge in [0.05, 0.1) is 29.3 Å². The SMILES string of the molecule is CN1C(=N)N[C@](C)(c2cc(-c3cccc(C#N)c3)cs2)[C@H](C2CCN(S(C)(=O)=O)CC2)C1=O. The second-order valence-electron chi connectivity index (χ2n) is 8.94. The number of carbonyl (C=O) groups excluding carboxylic acids is 1. The van der Waals surface area contributed by atoms with Crippen molar-refractivity contribution < 1.29 is 13.2 Å². The lowest BCUT2D eigenvalue weighted by Crippen LogP contribution is -2.65. The van der Waals surface area contributed by atoms with Crippen molar-refractivity contribution in [2.75, 3.05) is 26.4 Å². The number of nitriles is 1. The largest absolute Gasteiger partial charge is 0.345 e. The second-order valence-corrected chi connectivity index (χ2v) is 11.8. The van der Waals surface area contributed by atoms with Crippen molar-refractivity contribution in [2.24, 2.45) is 11.8 Å². The summed E-state index contributed by atoms with van der Waals surface area (Å²) >= 11 is 1.52. The standard InChI is InChI=1S/C23H27N5O3S2/c1-23(19-12-18(14-32-19)17-6-4-5-15(11-17)13-24)20(21(29)27(2)22(25)26-23)16-7-9-28(10-8-16)33(3,30)31/h4-6,11-12,14,16,20H,7-10H2,1-3H3,(H2,25,26)/t20-,23-/m1/s1. The number of amides is 1. The highest BCUT2D eigenvalue weighted by molar-refractivity contribution is 7.88. The number of thiophene rings is 1. The third-order valence-electron chi connectivity index (χ3n) is 6.81. The first kappa shape index (κ1) is 23.4. The fourth-order valence-electron chi connectivity index (χ4n) is 4.93. The minimum absolute atomic E-state index is 0.0176. The van der Waals surface area contributed by atoms with Crippen LogP contribution in [0.1, 0.15) is 30.2 Å². The molecule has 0 aliphatic carbocycles. The van der Waals surface area contributed by atoms with Crippen LogP contribution in [0.3, 0.4) is 0 Å². The molecule has 2 saturated heterocycles. The number of rotatable bonds is 4. The fourth-order valence-corrected chi connectivity index (χ4v) is 6.88. The number of hydrogen-bond donors (Lipinski definition) is 2. The summed E-state index contributed by atoms with van der Waals surface area (Å²) in [6.07, 6.45) is 2.39. The first-order valence-corrected chi connectivity index (χ1v) is 13.5. The number of benzene rings is 1. The second kappa shape index (κ2) is 8.56. The van der Waals surface area contributed by atoms with Crippen LogP contribution in [0, 0.1) is 28.6 Å². The number of nitrogens with zero attached hydrogens (tertiary/aromatic N) is 3. The van der Waals surface area contributed by atoms with Gasteiger partial charge >= 0.3 is 0 Å². The molecule has 4 rings (SSSR count). The monoisotopic (exact) mass is 485 g/mol. The number of nitrogens with one attached hydrogen (secondary N) is 2. The molecule has 0 unspecified atom stereocenters. The molecule has 33 heavy (non-hydrogen) atoms. The van der Waals surface area contributed by atoms with Gasteiger partial charge in [0, 0.05) is 25.0 Å². The van der Waals surface area contributed by atoms with E-state index < -0.39 is 21.5 Å². The molecule has 0 saturated carbocycles. The van der Waals surface area contributed by atoms with Crippen LogP contribution in [-0.4, -0.2) is 55.9 Å². The van der Waals surface area contributed by atoms with E-state index in [0.717, 1.165) is 16.0 Å². The molecule has 1 amide bonds. The summed E-state index contributed by atoms with van der Waals surface area (Å²) in [5.41, 5.74) is 1.66. The van der Waals surface area contributed by atoms with Crippen LogP contribution < -0.4 is 5.32 Å². The Labute approximate surface area is 198 Å². The molecule has 2 atom stereocenters. The maximum absolute atomic E-state index is 13.4. The molecule has 1 aromatic carbocycles. The van der Waals surface area contributed by atoms with E-state index in [2.05, 4.69) is 11.4 Å². The van der Waals surface area contributed by atoms with Crippen molar-refractivity contribution in [3.8, 4) is 17.2 Å². The van der Waals surface area contributed by atoms with Gasteiger partial charge in [0.25, 0.3) is 0 Å². The number of guanidine groups is 1. The lowest BCUT2D eigenvalue weighted by molar-refractivity contribution is -0.138. The van der Waals surface area contributed by atoms with Gasteiger partial charge in [-0.3, -0.25) is 15.1 Å². The van der Waals surface area contributed by atoms with Gasteiger partial charge in [0.15, 0.2) is 5.96 Å². The lowest BCUT2D eigenvalue weighted by atomic mass is 9.70. The first-order chi connectivity index (χ1) is 15.5. The third-order valence-corrected chi connectivity index (χ3v) is 9.28. The number of sulfonamides is 1. The Balaban J connectivity index is 1.69. The summed E-state index contributed by atoms with van der Waals surface area (Å²) in [5.74, 6) is -0.527. The van der Waals surface area contributed by atoms with Crippen molar-refractivity contribution in [3.05, 3.63) is 46.2 Å². The summed E-state index contributed by atoms with van der Waals surface area (Å²) in [6.45, 7) is 2.74. The van der Waals surface area contributed by atoms with Gasteiger partial charge in [-0.1, -0.05) is 12.1 Å². The Morgan fingerprint density at radius 2 is 1.94 bits per heavy atom. The van der Waals surface area contributed by atoms with Crippen molar-refractivity contribution in [3.63, 3.8) is 0 Å². The van der Waals surface area contributed by atoms with Crippen molar-refractivity contribution in [1.29, 1.82) is 10.7 Å². The van der Waals surface area contributed by atoms with Gasteiger partial charge < -0.3 is 5.32 Å². The number of hydrogen-bond acceptors (Lipinski definition) is 6. The van der Waals surface area contributed by atoms with Crippen molar-refractivity contribution in [1.82, 2.24) is 14.5 Å². The average molecular weight is 486 g/mol. The normalized spacial score (nSPS) is 25.0. The van der Waals surface area contributed by atoms with Crippen LogP contribution in [0.5, 0.6) is 0 Å². The minimum Gasteiger partial charge on any atom is -0.345 e. The van der Waals surface area contributed by atoms with Crippen LogP contribution in [0.2, 0.25) is 0 Å². The molecule has 10 heteroatoms. The van der Waals surface area contributed by atoms with Gasteiger partial charge in [0.2, 0.25) is 15.9 Å². The maximum Gasteiger partial charge on any atom is 0.235 e. The highest BCUT2D eigenvalue weighted by Gasteiger charge is 2.52. The molecule has 3 heterocycles.